The maximum absolute atomic E-state index is 6.13. The van der Waals surface area contributed by atoms with Crippen LogP contribution in [0.15, 0.2) is 28.4 Å². The lowest BCUT2D eigenvalue weighted by molar-refractivity contribution is 0.133. The molecule has 2 atom stereocenters. The van der Waals surface area contributed by atoms with Gasteiger partial charge in [0.15, 0.2) is 6.17 Å². The normalized spacial score (nSPS) is 19.9. The topological polar surface area (TPSA) is 37.2 Å². The number of benzene rings is 1. The Morgan fingerprint density at radius 2 is 2.26 bits per heavy atom. The Morgan fingerprint density at radius 3 is 2.95 bits per heavy atom. The van der Waals surface area contributed by atoms with Crippen LogP contribution in [0.1, 0.15) is 19.4 Å². The standard InChI is InChI=1S/C13H16ClN3OS/c1-4-17-12(15-16-13(17)19)9(3)18-11-7-8(2)5-6-10(11)14/h5-7,9,12H,4H2,1-3H3. The number of thiocarbonyl (C=S) groups is 1. The predicted octanol–water partition coefficient (Wildman–Crippen LogP) is 3.81. The van der Waals surface area contributed by atoms with Gasteiger partial charge in [0, 0.05) is 6.54 Å². The van der Waals surface area contributed by atoms with Gasteiger partial charge >= 0.3 is 0 Å². The van der Waals surface area contributed by atoms with E-state index in [1.807, 2.05) is 43.9 Å². The van der Waals surface area contributed by atoms with Crippen LogP contribution in [0.3, 0.4) is 0 Å². The predicted molar refractivity (Wildman–Crippen MR) is 79.9 cm³/mol. The summed E-state index contributed by atoms with van der Waals surface area (Å²) in [6, 6.07) is 5.69. The fourth-order valence-corrected chi connectivity index (χ4v) is 2.42. The molecule has 102 valence electrons. The van der Waals surface area contributed by atoms with Crippen LogP contribution in [-0.2, 0) is 0 Å². The molecule has 4 nitrogen and oxygen atoms in total. The fourth-order valence-electron chi connectivity index (χ4n) is 1.97. The molecule has 0 aromatic heterocycles. The summed E-state index contributed by atoms with van der Waals surface area (Å²) in [6.45, 7) is 6.71. The molecule has 1 aromatic rings. The minimum absolute atomic E-state index is 0.177. The van der Waals surface area contributed by atoms with Gasteiger partial charge in [-0.2, -0.15) is 5.11 Å². The number of rotatable bonds is 4. The van der Waals surface area contributed by atoms with Gasteiger partial charge in [0.05, 0.1) is 5.02 Å². The van der Waals surface area contributed by atoms with Crippen molar-refractivity contribution in [3.63, 3.8) is 0 Å². The third kappa shape index (κ3) is 3.04. The summed E-state index contributed by atoms with van der Waals surface area (Å²) >= 11 is 11.3. The first-order valence-corrected chi connectivity index (χ1v) is 6.95. The number of hydrogen-bond donors (Lipinski definition) is 0. The van der Waals surface area contributed by atoms with Gasteiger partial charge < -0.3 is 9.64 Å². The molecule has 0 fully saturated rings. The van der Waals surface area contributed by atoms with Crippen LogP contribution in [-0.4, -0.2) is 28.8 Å². The second kappa shape index (κ2) is 5.84. The van der Waals surface area contributed by atoms with E-state index in [0.717, 1.165) is 12.1 Å². The van der Waals surface area contributed by atoms with Crippen molar-refractivity contribution < 1.29 is 4.74 Å². The minimum Gasteiger partial charge on any atom is -0.485 e. The van der Waals surface area contributed by atoms with Crippen molar-refractivity contribution in [3.8, 4) is 5.75 Å². The highest BCUT2D eigenvalue weighted by atomic mass is 35.5. The fraction of sp³-hybridized carbons (Fsp3) is 0.462. The quantitative estimate of drug-likeness (QED) is 0.793. The first kappa shape index (κ1) is 14.2. The average molecular weight is 298 g/mol. The van der Waals surface area contributed by atoms with Crippen molar-refractivity contribution in [2.45, 2.75) is 33.0 Å². The van der Waals surface area contributed by atoms with Crippen LogP contribution in [0.2, 0.25) is 5.02 Å². The maximum atomic E-state index is 6.13. The molecular formula is C13H16ClN3OS. The van der Waals surface area contributed by atoms with Crippen molar-refractivity contribution in [2.75, 3.05) is 6.54 Å². The second-order valence-electron chi connectivity index (χ2n) is 4.45. The van der Waals surface area contributed by atoms with Gasteiger partial charge in [0.25, 0.3) is 0 Å². The molecule has 1 aliphatic rings. The number of likely N-dealkylation sites (N-methyl/N-ethyl adjacent to an activating group) is 1. The van der Waals surface area contributed by atoms with E-state index in [0.29, 0.717) is 15.9 Å². The molecule has 1 heterocycles. The van der Waals surface area contributed by atoms with Crippen LogP contribution >= 0.6 is 23.8 Å². The smallest absolute Gasteiger partial charge is 0.217 e. The van der Waals surface area contributed by atoms with Crippen molar-refractivity contribution in [3.05, 3.63) is 28.8 Å². The lowest BCUT2D eigenvalue weighted by Crippen LogP contribution is -2.42. The molecule has 0 N–H and O–H groups in total. The molecule has 1 aromatic carbocycles. The summed E-state index contributed by atoms with van der Waals surface area (Å²) in [5, 5.41) is 9.21. The lowest BCUT2D eigenvalue weighted by atomic mass is 10.2. The van der Waals surface area contributed by atoms with Gasteiger partial charge in [-0.25, -0.2) is 0 Å². The molecule has 2 rings (SSSR count). The van der Waals surface area contributed by atoms with Crippen molar-refractivity contribution in [2.24, 2.45) is 10.2 Å². The summed E-state index contributed by atoms with van der Waals surface area (Å²) in [7, 11) is 0. The van der Waals surface area contributed by atoms with Gasteiger partial charge in [-0.15, -0.1) is 5.11 Å². The monoisotopic (exact) mass is 297 g/mol. The molecule has 0 bridgehead atoms. The van der Waals surface area contributed by atoms with E-state index in [-0.39, 0.29) is 12.3 Å². The third-order valence-corrected chi connectivity index (χ3v) is 3.62. The van der Waals surface area contributed by atoms with Crippen LogP contribution in [0, 0.1) is 6.92 Å². The van der Waals surface area contributed by atoms with E-state index < -0.39 is 0 Å². The minimum atomic E-state index is -0.186. The summed E-state index contributed by atoms with van der Waals surface area (Å²) in [5.41, 5.74) is 1.10. The molecule has 0 aliphatic carbocycles. The van der Waals surface area contributed by atoms with E-state index in [2.05, 4.69) is 10.2 Å². The van der Waals surface area contributed by atoms with E-state index >= 15 is 0 Å². The summed E-state index contributed by atoms with van der Waals surface area (Å²) in [4.78, 5) is 1.93. The van der Waals surface area contributed by atoms with Gasteiger partial charge in [0.1, 0.15) is 11.9 Å². The molecule has 19 heavy (non-hydrogen) atoms. The van der Waals surface area contributed by atoms with Crippen LogP contribution < -0.4 is 4.74 Å². The zero-order valence-corrected chi connectivity index (χ0v) is 12.7. The van der Waals surface area contributed by atoms with Gasteiger partial charge in [-0.05, 0) is 50.7 Å². The highest BCUT2D eigenvalue weighted by molar-refractivity contribution is 7.80. The maximum Gasteiger partial charge on any atom is 0.217 e. The Bertz CT molecular complexity index is 521. The summed E-state index contributed by atoms with van der Waals surface area (Å²) in [5.74, 6) is 0.665. The molecule has 6 heteroatoms. The summed E-state index contributed by atoms with van der Waals surface area (Å²) in [6.07, 6.45) is -0.363. The number of azo groups is 1. The second-order valence-corrected chi connectivity index (χ2v) is 5.23. The number of ether oxygens (including phenoxy) is 1. The van der Waals surface area contributed by atoms with E-state index in [4.69, 9.17) is 28.6 Å². The van der Waals surface area contributed by atoms with Crippen molar-refractivity contribution >= 4 is 28.9 Å². The number of nitrogens with zero attached hydrogens (tertiary/aromatic N) is 3. The number of hydrogen-bond acceptors (Lipinski definition) is 3. The zero-order chi connectivity index (χ0) is 14.0. The Labute approximate surface area is 123 Å². The molecule has 0 radical (unpaired) electrons. The molecule has 2 unspecified atom stereocenters. The van der Waals surface area contributed by atoms with Crippen molar-refractivity contribution in [1.82, 2.24) is 4.90 Å². The molecule has 0 saturated carbocycles. The average Bonchev–Trinajstić information content (AvgIpc) is 2.75. The first-order valence-electron chi connectivity index (χ1n) is 6.17. The molecule has 1 aliphatic heterocycles. The van der Waals surface area contributed by atoms with Gasteiger partial charge in [0.2, 0.25) is 5.11 Å². The molecular weight excluding hydrogens is 282 g/mol. The van der Waals surface area contributed by atoms with Gasteiger partial charge in [-0.3, -0.25) is 0 Å². The Morgan fingerprint density at radius 1 is 1.53 bits per heavy atom. The summed E-state index contributed by atoms with van der Waals surface area (Å²) < 4.78 is 5.90. The Balaban J connectivity index is 2.13. The largest absolute Gasteiger partial charge is 0.485 e. The molecule has 0 saturated heterocycles. The lowest BCUT2D eigenvalue weighted by Gasteiger charge is -2.27. The SMILES string of the molecule is CCN1C(=S)N=NC1C(C)Oc1cc(C)ccc1Cl. The molecule has 0 spiro atoms. The zero-order valence-electron chi connectivity index (χ0n) is 11.1. The first-order chi connectivity index (χ1) is 9.02. The van der Waals surface area contributed by atoms with Crippen LogP contribution in [0.5, 0.6) is 5.75 Å². The van der Waals surface area contributed by atoms with Crippen LogP contribution in [0.4, 0.5) is 0 Å². The van der Waals surface area contributed by atoms with E-state index in [1.54, 1.807) is 0 Å². The van der Waals surface area contributed by atoms with Crippen LogP contribution in [0.25, 0.3) is 0 Å². The van der Waals surface area contributed by atoms with Crippen molar-refractivity contribution in [1.29, 1.82) is 0 Å². The Hall–Kier alpha value is -1.20. The van der Waals surface area contributed by atoms with E-state index in [9.17, 15) is 0 Å². The van der Waals surface area contributed by atoms with E-state index in [1.165, 1.54) is 0 Å². The Kier molecular flexibility index (Phi) is 4.37. The number of aryl methyl sites for hydroxylation is 1. The number of halogens is 1. The third-order valence-electron chi connectivity index (χ3n) is 2.99. The molecule has 0 amide bonds. The highest BCUT2D eigenvalue weighted by Gasteiger charge is 2.31. The highest BCUT2D eigenvalue weighted by Crippen LogP contribution is 2.28. The van der Waals surface area contributed by atoms with Gasteiger partial charge in [-0.1, -0.05) is 17.7 Å².